The zero-order chi connectivity index (χ0) is 13.8. The van der Waals surface area contributed by atoms with Gasteiger partial charge in [0.05, 0.1) is 13.2 Å². The Bertz CT molecular complexity index is 197. The van der Waals surface area contributed by atoms with Crippen LogP contribution >= 0.6 is 0 Å². The van der Waals surface area contributed by atoms with E-state index in [0.717, 1.165) is 32.1 Å². The van der Waals surface area contributed by atoms with Gasteiger partial charge in [0.1, 0.15) is 0 Å². The summed E-state index contributed by atoms with van der Waals surface area (Å²) >= 11 is 0. The molecule has 0 amide bonds. The molecule has 0 aromatic rings. The van der Waals surface area contributed by atoms with E-state index >= 15 is 0 Å². The Kier molecular flexibility index (Phi) is 10.4. The van der Waals surface area contributed by atoms with Gasteiger partial charge in [-0.2, -0.15) is 0 Å². The molecule has 1 unspecified atom stereocenters. The summed E-state index contributed by atoms with van der Waals surface area (Å²) in [6, 6.07) is 0. The molecule has 1 atom stereocenters. The van der Waals surface area contributed by atoms with Crippen molar-refractivity contribution in [3.63, 3.8) is 0 Å². The van der Waals surface area contributed by atoms with Crippen LogP contribution in [-0.2, 0) is 9.47 Å². The van der Waals surface area contributed by atoms with Crippen LogP contribution in [0.25, 0.3) is 0 Å². The number of nitrogens with zero attached hydrogens (tertiary/aromatic N) is 1. The first kappa shape index (κ1) is 16.9. The smallest absolute Gasteiger partial charge is 0.0700 e. The van der Waals surface area contributed by atoms with E-state index in [-0.39, 0.29) is 0 Å². The molecule has 114 valence electrons. The molecule has 0 saturated carbocycles. The van der Waals surface area contributed by atoms with Gasteiger partial charge in [0.2, 0.25) is 0 Å². The van der Waals surface area contributed by atoms with Gasteiger partial charge in [-0.1, -0.05) is 6.92 Å². The van der Waals surface area contributed by atoms with Crippen molar-refractivity contribution < 1.29 is 9.47 Å². The van der Waals surface area contributed by atoms with Crippen molar-refractivity contribution >= 4 is 0 Å². The van der Waals surface area contributed by atoms with Crippen molar-refractivity contribution in [2.24, 2.45) is 5.92 Å². The summed E-state index contributed by atoms with van der Waals surface area (Å²) in [5.41, 5.74) is 0. The highest BCUT2D eigenvalue weighted by molar-refractivity contribution is 4.73. The van der Waals surface area contributed by atoms with Crippen molar-refractivity contribution in [2.75, 3.05) is 59.7 Å². The Morgan fingerprint density at radius 1 is 1.21 bits per heavy atom. The fraction of sp³-hybridized carbons (Fsp3) is 1.00. The monoisotopic (exact) mass is 272 g/mol. The molecule has 0 aromatic carbocycles. The van der Waals surface area contributed by atoms with Crippen molar-refractivity contribution in [3.05, 3.63) is 0 Å². The SMILES string of the molecule is CCCN(CCCOCCOC)CC1CCCNC1. The Hall–Kier alpha value is -0.160. The second kappa shape index (κ2) is 11.6. The summed E-state index contributed by atoms with van der Waals surface area (Å²) in [5.74, 6) is 0.842. The molecule has 0 spiro atoms. The van der Waals surface area contributed by atoms with Crippen LogP contribution in [0.4, 0.5) is 0 Å². The molecule has 0 aliphatic carbocycles. The summed E-state index contributed by atoms with van der Waals surface area (Å²) in [5, 5.41) is 3.51. The minimum absolute atomic E-state index is 0.701. The van der Waals surface area contributed by atoms with E-state index in [1.807, 2.05) is 0 Å². The number of rotatable bonds is 11. The van der Waals surface area contributed by atoms with Crippen LogP contribution in [0.2, 0.25) is 0 Å². The highest BCUT2D eigenvalue weighted by Gasteiger charge is 2.16. The Balaban J connectivity index is 2.09. The van der Waals surface area contributed by atoms with Crippen LogP contribution < -0.4 is 5.32 Å². The van der Waals surface area contributed by atoms with Gasteiger partial charge in [0, 0.05) is 26.8 Å². The molecule has 0 bridgehead atoms. The van der Waals surface area contributed by atoms with Gasteiger partial charge in [-0.25, -0.2) is 0 Å². The molecule has 4 heteroatoms. The predicted molar refractivity (Wildman–Crippen MR) is 79.6 cm³/mol. The van der Waals surface area contributed by atoms with Crippen LogP contribution in [0.3, 0.4) is 0 Å². The van der Waals surface area contributed by atoms with Gasteiger partial charge in [-0.15, -0.1) is 0 Å². The van der Waals surface area contributed by atoms with Gasteiger partial charge in [0.25, 0.3) is 0 Å². The van der Waals surface area contributed by atoms with Crippen molar-refractivity contribution in [3.8, 4) is 0 Å². The van der Waals surface area contributed by atoms with Gasteiger partial charge in [-0.3, -0.25) is 0 Å². The number of piperidine rings is 1. The maximum absolute atomic E-state index is 5.53. The number of hydrogen-bond donors (Lipinski definition) is 1. The lowest BCUT2D eigenvalue weighted by Crippen LogP contribution is -2.39. The van der Waals surface area contributed by atoms with E-state index in [4.69, 9.17) is 9.47 Å². The van der Waals surface area contributed by atoms with E-state index < -0.39 is 0 Å². The Morgan fingerprint density at radius 2 is 2.11 bits per heavy atom. The fourth-order valence-corrected chi connectivity index (χ4v) is 2.69. The molecule has 0 aromatic heterocycles. The average molecular weight is 272 g/mol. The molecule has 19 heavy (non-hydrogen) atoms. The van der Waals surface area contributed by atoms with E-state index in [9.17, 15) is 0 Å². The quantitative estimate of drug-likeness (QED) is 0.581. The lowest BCUT2D eigenvalue weighted by atomic mass is 9.99. The first-order chi connectivity index (χ1) is 9.36. The third-order valence-corrected chi connectivity index (χ3v) is 3.65. The molecule has 4 nitrogen and oxygen atoms in total. The van der Waals surface area contributed by atoms with Crippen LogP contribution in [0.5, 0.6) is 0 Å². The standard InChI is InChI=1S/C15H32N2O2/c1-3-8-17(9-5-10-19-12-11-18-2)14-15-6-4-7-16-13-15/h15-16H,3-14H2,1-2H3. The lowest BCUT2D eigenvalue weighted by Gasteiger charge is -2.30. The number of ether oxygens (including phenoxy) is 2. The zero-order valence-corrected chi connectivity index (χ0v) is 12.8. The van der Waals surface area contributed by atoms with Crippen LogP contribution in [0, 0.1) is 5.92 Å². The van der Waals surface area contributed by atoms with Crippen molar-refractivity contribution in [1.82, 2.24) is 10.2 Å². The van der Waals surface area contributed by atoms with E-state index in [0.29, 0.717) is 6.61 Å². The van der Waals surface area contributed by atoms with Crippen molar-refractivity contribution in [2.45, 2.75) is 32.6 Å². The first-order valence-corrected chi connectivity index (χ1v) is 7.86. The second-order valence-electron chi connectivity index (χ2n) is 5.47. The maximum atomic E-state index is 5.53. The highest BCUT2D eigenvalue weighted by atomic mass is 16.5. The molecule has 1 aliphatic heterocycles. The molecular weight excluding hydrogens is 240 g/mol. The highest BCUT2D eigenvalue weighted by Crippen LogP contribution is 2.12. The molecule has 1 saturated heterocycles. The fourth-order valence-electron chi connectivity index (χ4n) is 2.69. The van der Waals surface area contributed by atoms with Gasteiger partial charge in [0.15, 0.2) is 0 Å². The molecule has 1 heterocycles. The normalized spacial score (nSPS) is 20.1. The second-order valence-corrected chi connectivity index (χ2v) is 5.47. The zero-order valence-electron chi connectivity index (χ0n) is 12.8. The van der Waals surface area contributed by atoms with E-state index in [1.165, 1.54) is 45.4 Å². The summed E-state index contributed by atoms with van der Waals surface area (Å²) in [7, 11) is 1.71. The first-order valence-electron chi connectivity index (χ1n) is 7.86. The maximum Gasteiger partial charge on any atom is 0.0700 e. The molecular formula is C15H32N2O2. The average Bonchev–Trinajstić information content (AvgIpc) is 2.44. The summed E-state index contributed by atoms with van der Waals surface area (Å²) < 4.78 is 10.5. The predicted octanol–water partition coefficient (Wildman–Crippen LogP) is 1.75. The van der Waals surface area contributed by atoms with Crippen LogP contribution in [-0.4, -0.2) is 64.6 Å². The van der Waals surface area contributed by atoms with Gasteiger partial charge < -0.3 is 19.7 Å². The number of hydrogen-bond acceptors (Lipinski definition) is 4. The molecule has 1 N–H and O–H groups in total. The van der Waals surface area contributed by atoms with Gasteiger partial charge >= 0.3 is 0 Å². The third-order valence-electron chi connectivity index (χ3n) is 3.65. The largest absolute Gasteiger partial charge is 0.382 e. The molecule has 1 fully saturated rings. The van der Waals surface area contributed by atoms with E-state index in [2.05, 4.69) is 17.1 Å². The molecule has 1 aliphatic rings. The topological polar surface area (TPSA) is 33.7 Å². The minimum Gasteiger partial charge on any atom is -0.382 e. The number of methoxy groups -OCH3 is 1. The van der Waals surface area contributed by atoms with E-state index in [1.54, 1.807) is 7.11 Å². The third kappa shape index (κ3) is 8.58. The number of nitrogens with one attached hydrogen (secondary N) is 1. The lowest BCUT2D eigenvalue weighted by molar-refractivity contribution is 0.0641. The van der Waals surface area contributed by atoms with Crippen LogP contribution in [0.1, 0.15) is 32.6 Å². The van der Waals surface area contributed by atoms with Crippen LogP contribution in [0.15, 0.2) is 0 Å². The Morgan fingerprint density at radius 3 is 2.79 bits per heavy atom. The minimum atomic E-state index is 0.701. The molecule has 0 radical (unpaired) electrons. The summed E-state index contributed by atoms with van der Waals surface area (Å²) in [6.45, 7) is 10.6. The van der Waals surface area contributed by atoms with Gasteiger partial charge in [-0.05, 0) is 51.2 Å². The summed E-state index contributed by atoms with van der Waals surface area (Å²) in [6.07, 6.45) is 5.09. The Labute approximate surface area is 118 Å². The summed E-state index contributed by atoms with van der Waals surface area (Å²) in [4.78, 5) is 2.61. The molecule has 1 rings (SSSR count). The van der Waals surface area contributed by atoms with Crippen molar-refractivity contribution in [1.29, 1.82) is 0 Å².